The zero-order valence-corrected chi connectivity index (χ0v) is 15.5. The molecule has 3 aromatic rings. The second-order valence-electron chi connectivity index (χ2n) is 5.37. The van der Waals surface area contributed by atoms with Crippen LogP contribution in [-0.2, 0) is 4.79 Å². The third-order valence-corrected chi connectivity index (χ3v) is 8.25. The zero-order valence-electron chi connectivity index (χ0n) is 13.0. The van der Waals surface area contributed by atoms with Gasteiger partial charge >= 0.3 is 5.97 Å². The standard InChI is InChI=1S/C20H17O2P.BrH/c21-20(22)16-23(17-10-4-1-5-11-17,18-12-6-2-7-13-18)19-14-8-3-9-15-19;/h1-15H,16H2;1H. The van der Waals surface area contributed by atoms with E-state index in [4.69, 9.17) is 0 Å². The van der Waals surface area contributed by atoms with Gasteiger partial charge in [-0.3, -0.25) is 0 Å². The highest BCUT2D eigenvalue weighted by molar-refractivity contribution is 7.96. The SMILES string of the molecule is O=C(O)C[P+](c1ccccc1)(c1ccccc1)c1ccccc1.[Br-]. The van der Waals surface area contributed by atoms with Gasteiger partial charge < -0.3 is 22.1 Å². The van der Waals surface area contributed by atoms with Crippen molar-refractivity contribution in [1.29, 1.82) is 0 Å². The minimum atomic E-state index is -2.21. The second kappa shape index (κ2) is 8.23. The lowest BCUT2D eigenvalue weighted by Crippen LogP contribution is -3.00. The third kappa shape index (κ3) is 3.58. The van der Waals surface area contributed by atoms with Gasteiger partial charge in [0.15, 0.2) is 6.16 Å². The van der Waals surface area contributed by atoms with Gasteiger partial charge in [0.05, 0.1) is 0 Å². The van der Waals surface area contributed by atoms with E-state index in [0.717, 1.165) is 15.9 Å². The minimum Gasteiger partial charge on any atom is -1.00 e. The van der Waals surface area contributed by atoms with Gasteiger partial charge in [0.1, 0.15) is 23.2 Å². The van der Waals surface area contributed by atoms with Crippen LogP contribution in [0.4, 0.5) is 0 Å². The van der Waals surface area contributed by atoms with Gasteiger partial charge in [-0.2, -0.15) is 0 Å². The van der Waals surface area contributed by atoms with Gasteiger partial charge in [-0.1, -0.05) is 54.6 Å². The molecule has 4 heteroatoms. The first-order chi connectivity index (χ1) is 11.2. The molecule has 122 valence electrons. The molecule has 0 aliphatic carbocycles. The third-order valence-electron chi connectivity index (χ3n) is 3.96. The molecular formula is C20H18BrO2P. The van der Waals surface area contributed by atoms with Crippen molar-refractivity contribution in [2.45, 2.75) is 0 Å². The summed E-state index contributed by atoms with van der Waals surface area (Å²) in [6.07, 6.45) is 0.116. The zero-order chi connectivity index (χ0) is 16.1. The summed E-state index contributed by atoms with van der Waals surface area (Å²) in [6, 6.07) is 30.1. The van der Waals surface area contributed by atoms with Crippen LogP contribution in [0, 0.1) is 0 Å². The Kier molecular flexibility index (Phi) is 6.30. The lowest BCUT2D eigenvalue weighted by Gasteiger charge is -2.25. The van der Waals surface area contributed by atoms with Crippen molar-refractivity contribution < 1.29 is 26.9 Å². The Morgan fingerprint density at radius 2 is 0.958 bits per heavy atom. The van der Waals surface area contributed by atoms with E-state index in [1.54, 1.807) is 0 Å². The molecule has 0 aliphatic rings. The number of benzene rings is 3. The van der Waals surface area contributed by atoms with Crippen molar-refractivity contribution in [2.75, 3.05) is 6.16 Å². The summed E-state index contributed by atoms with van der Waals surface area (Å²) in [6.45, 7) is 0. The Morgan fingerprint density at radius 1 is 0.667 bits per heavy atom. The maximum absolute atomic E-state index is 11.8. The van der Waals surface area contributed by atoms with Crippen LogP contribution in [0.1, 0.15) is 0 Å². The molecule has 2 nitrogen and oxygen atoms in total. The lowest BCUT2D eigenvalue weighted by atomic mass is 10.4. The van der Waals surface area contributed by atoms with Crippen molar-refractivity contribution in [3.63, 3.8) is 0 Å². The highest BCUT2D eigenvalue weighted by Crippen LogP contribution is 2.54. The molecule has 0 aliphatic heterocycles. The monoisotopic (exact) mass is 400 g/mol. The van der Waals surface area contributed by atoms with Crippen molar-refractivity contribution in [3.05, 3.63) is 91.0 Å². The summed E-state index contributed by atoms with van der Waals surface area (Å²) in [5.41, 5.74) is 0. The molecule has 0 amide bonds. The molecule has 0 unspecified atom stereocenters. The van der Waals surface area contributed by atoms with E-state index in [1.165, 1.54) is 0 Å². The van der Waals surface area contributed by atoms with Gasteiger partial charge in [-0.25, -0.2) is 4.79 Å². The van der Waals surface area contributed by atoms with E-state index in [9.17, 15) is 9.90 Å². The largest absolute Gasteiger partial charge is 1.00 e. The number of carboxylic acid groups (broad SMARTS) is 1. The summed E-state index contributed by atoms with van der Waals surface area (Å²) >= 11 is 0. The van der Waals surface area contributed by atoms with Crippen LogP contribution in [0.25, 0.3) is 0 Å². The molecule has 0 aromatic heterocycles. The fourth-order valence-corrected chi connectivity index (χ4v) is 6.86. The summed E-state index contributed by atoms with van der Waals surface area (Å²) in [5.74, 6) is -0.769. The first-order valence-corrected chi connectivity index (χ1v) is 9.47. The van der Waals surface area contributed by atoms with Gasteiger partial charge in [0.25, 0.3) is 0 Å². The van der Waals surface area contributed by atoms with Crippen LogP contribution in [0.15, 0.2) is 91.0 Å². The van der Waals surface area contributed by atoms with Crippen LogP contribution in [0.5, 0.6) is 0 Å². The van der Waals surface area contributed by atoms with Crippen LogP contribution in [0.3, 0.4) is 0 Å². The predicted octanol–water partition coefficient (Wildman–Crippen LogP) is 0.0691. The van der Waals surface area contributed by atoms with E-state index in [0.29, 0.717) is 0 Å². The minimum absolute atomic E-state index is 0. The van der Waals surface area contributed by atoms with Crippen molar-refractivity contribution >= 4 is 29.1 Å². The van der Waals surface area contributed by atoms with E-state index in [-0.39, 0.29) is 23.1 Å². The Bertz CT molecular complexity index is 680. The number of aliphatic carboxylic acids is 1. The first kappa shape index (κ1) is 18.4. The molecule has 24 heavy (non-hydrogen) atoms. The number of rotatable bonds is 5. The smallest absolute Gasteiger partial charge is 0.342 e. The summed E-state index contributed by atoms with van der Waals surface area (Å²) < 4.78 is 0. The summed E-state index contributed by atoms with van der Waals surface area (Å²) in [7, 11) is -2.21. The molecule has 0 radical (unpaired) electrons. The van der Waals surface area contributed by atoms with Crippen molar-refractivity contribution in [2.24, 2.45) is 0 Å². The number of carbonyl (C=O) groups is 1. The Balaban J connectivity index is 0.00000208. The van der Waals surface area contributed by atoms with Gasteiger partial charge in [-0.15, -0.1) is 0 Å². The van der Waals surface area contributed by atoms with Crippen molar-refractivity contribution in [1.82, 2.24) is 0 Å². The number of hydrogen-bond acceptors (Lipinski definition) is 1. The number of halogens is 1. The van der Waals surface area contributed by atoms with Gasteiger partial charge in [0, 0.05) is 0 Å². The fourth-order valence-electron chi connectivity index (χ4n) is 2.97. The van der Waals surface area contributed by atoms with Crippen LogP contribution < -0.4 is 32.9 Å². The van der Waals surface area contributed by atoms with E-state index in [1.807, 2.05) is 54.6 Å². The molecule has 0 bridgehead atoms. The van der Waals surface area contributed by atoms with Crippen LogP contribution in [-0.4, -0.2) is 17.2 Å². The Hall–Kier alpha value is -1.96. The number of hydrogen-bond donors (Lipinski definition) is 1. The molecule has 3 rings (SSSR count). The molecular weight excluding hydrogens is 383 g/mol. The molecule has 0 fully saturated rings. The first-order valence-electron chi connectivity index (χ1n) is 7.50. The normalized spacial score (nSPS) is 10.7. The van der Waals surface area contributed by atoms with Crippen LogP contribution >= 0.6 is 7.26 Å². The van der Waals surface area contributed by atoms with Gasteiger partial charge in [0.2, 0.25) is 0 Å². The topological polar surface area (TPSA) is 37.3 Å². The maximum Gasteiger partial charge on any atom is 0.342 e. The quantitative estimate of drug-likeness (QED) is 0.615. The molecule has 0 atom stereocenters. The molecule has 0 heterocycles. The highest BCUT2D eigenvalue weighted by atomic mass is 79.9. The predicted molar refractivity (Wildman–Crippen MR) is 97.7 cm³/mol. The van der Waals surface area contributed by atoms with Crippen LogP contribution in [0.2, 0.25) is 0 Å². The molecule has 3 aromatic carbocycles. The molecule has 0 spiro atoms. The Labute approximate surface area is 153 Å². The lowest BCUT2D eigenvalue weighted by molar-refractivity contribution is -0.134. The fraction of sp³-hybridized carbons (Fsp3) is 0.0500. The molecule has 0 saturated carbocycles. The van der Waals surface area contributed by atoms with Crippen molar-refractivity contribution in [3.8, 4) is 0 Å². The van der Waals surface area contributed by atoms with E-state index >= 15 is 0 Å². The van der Waals surface area contributed by atoms with Gasteiger partial charge in [-0.05, 0) is 36.4 Å². The summed E-state index contributed by atoms with van der Waals surface area (Å²) in [5, 5.41) is 13.0. The maximum atomic E-state index is 11.8. The molecule has 1 N–H and O–H groups in total. The summed E-state index contributed by atoms with van der Waals surface area (Å²) in [4.78, 5) is 11.8. The number of carboxylic acids is 1. The van der Waals surface area contributed by atoms with E-state index in [2.05, 4.69) is 36.4 Å². The highest BCUT2D eigenvalue weighted by Gasteiger charge is 2.47. The second-order valence-corrected chi connectivity index (χ2v) is 8.85. The average molecular weight is 401 g/mol. The van der Waals surface area contributed by atoms with E-state index < -0.39 is 13.2 Å². The average Bonchev–Trinajstić information content (AvgIpc) is 2.62. The molecule has 0 saturated heterocycles. The Morgan fingerprint density at radius 3 is 1.21 bits per heavy atom.